The molecule has 8 heteroatoms. The summed E-state index contributed by atoms with van der Waals surface area (Å²) in [5, 5.41) is 11.5. The topological polar surface area (TPSA) is 83.8 Å². The van der Waals surface area contributed by atoms with E-state index >= 15 is 0 Å². The first-order chi connectivity index (χ1) is 12.9. The number of piperazine rings is 1. The zero-order valence-electron chi connectivity index (χ0n) is 14.7. The van der Waals surface area contributed by atoms with Gasteiger partial charge in [0.25, 0.3) is 17.5 Å². The third-order valence-electron chi connectivity index (χ3n) is 4.59. The van der Waals surface area contributed by atoms with E-state index in [1.165, 1.54) is 18.2 Å². The molecule has 0 atom stereocenters. The maximum atomic E-state index is 12.7. The minimum Gasteiger partial charge on any atom is -0.335 e. The van der Waals surface area contributed by atoms with Gasteiger partial charge in [-0.15, -0.1) is 0 Å². The lowest BCUT2D eigenvalue weighted by molar-refractivity contribution is -0.385. The second kappa shape index (κ2) is 7.75. The number of carbonyl (C=O) groups is 2. The number of amides is 2. The second-order valence-corrected chi connectivity index (χ2v) is 6.79. The normalized spacial score (nSPS) is 14.1. The Morgan fingerprint density at radius 1 is 0.926 bits per heavy atom. The molecule has 2 aromatic carbocycles. The van der Waals surface area contributed by atoms with Crippen LogP contribution < -0.4 is 0 Å². The SMILES string of the molecule is Cc1cc(C(=O)N2CCN(C(=O)c3ccc(Cl)cc3)CC2)ccc1[N+](=O)[O-]. The molecule has 7 nitrogen and oxygen atoms in total. The van der Waals surface area contributed by atoms with Gasteiger partial charge in [0.2, 0.25) is 0 Å². The van der Waals surface area contributed by atoms with Crippen molar-refractivity contribution in [3.05, 3.63) is 74.3 Å². The Bertz CT molecular complexity index is 890. The monoisotopic (exact) mass is 387 g/mol. The molecule has 1 saturated heterocycles. The van der Waals surface area contributed by atoms with Gasteiger partial charge in [-0.1, -0.05) is 11.6 Å². The molecule has 1 aliphatic rings. The molecule has 0 aliphatic carbocycles. The summed E-state index contributed by atoms with van der Waals surface area (Å²) in [6.07, 6.45) is 0. The number of benzene rings is 2. The Balaban J connectivity index is 1.64. The molecule has 1 heterocycles. The third kappa shape index (κ3) is 4.09. The zero-order valence-corrected chi connectivity index (χ0v) is 15.5. The van der Waals surface area contributed by atoms with Crippen LogP contribution in [0.15, 0.2) is 42.5 Å². The Morgan fingerprint density at radius 2 is 1.41 bits per heavy atom. The number of nitro groups is 1. The van der Waals surface area contributed by atoms with Crippen LogP contribution in [0.1, 0.15) is 26.3 Å². The van der Waals surface area contributed by atoms with Gasteiger partial charge in [-0.25, -0.2) is 0 Å². The molecular weight excluding hydrogens is 370 g/mol. The minimum absolute atomic E-state index is 0.00932. The third-order valence-corrected chi connectivity index (χ3v) is 4.84. The van der Waals surface area contributed by atoms with Crippen LogP contribution in [-0.2, 0) is 0 Å². The van der Waals surface area contributed by atoms with E-state index in [-0.39, 0.29) is 17.5 Å². The average molecular weight is 388 g/mol. The smallest absolute Gasteiger partial charge is 0.272 e. The molecule has 2 aromatic rings. The molecule has 1 fully saturated rings. The molecule has 0 N–H and O–H groups in total. The summed E-state index contributed by atoms with van der Waals surface area (Å²) >= 11 is 5.85. The van der Waals surface area contributed by atoms with Crippen molar-refractivity contribution in [3.8, 4) is 0 Å². The molecule has 0 spiro atoms. The van der Waals surface area contributed by atoms with Crippen molar-refractivity contribution >= 4 is 29.1 Å². The van der Waals surface area contributed by atoms with Crippen molar-refractivity contribution in [1.82, 2.24) is 9.80 Å². The lowest BCUT2D eigenvalue weighted by Gasteiger charge is -2.35. The van der Waals surface area contributed by atoms with Crippen LogP contribution in [-0.4, -0.2) is 52.7 Å². The van der Waals surface area contributed by atoms with Gasteiger partial charge < -0.3 is 9.80 Å². The number of hydrogen-bond donors (Lipinski definition) is 0. The molecule has 27 heavy (non-hydrogen) atoms. The molecule has 0 saturated carbocycles. The molecule has 0 bridgehead atoms. The first-order valence-corrected chi connectivity index (χ1v) is 8.84. The van der Waals surface area contributed by atoms with Gasteiger partial charge in [0.1, 0.15) is 0 Å². The highest BCUT2D eigenvalue weighted by atomic mass is 35.5. The average Bonchev–Trinajstić information content (AvgIpc) is 2.67. The van der Waals surface area contributed by atoms with Crippen LogP contribution in [0.3, 0.4) is 0 Å². The van der Waals surface area contributed by atoms with Crippen LogP contribution >= 0.6 is 11.6 Å². The van der Waals surface area contributed by atoms with Crippen molar-refractivity contribution in [2.75, 3.05) is 26.2 Å². The maximum absolute atomic E-state index is 12.7. The first kappa shape index (κ1) is 18.8. The highest BCUT2D eigenvalue weighted by molar-refractivity contribution is 6.30. The highest BCUT2D eigenvalue weighted by Crippen LogP contribution is 2.20. The van der Waals surface area contributed by atoms with Crippen LogP contribution in [0.4, 0.5) is 5.69 Å². The van der Waals surface area contributed by atoms with Gasteiger partial charge in [0, 0.05) is 54.0 Å². The summed E-state index contributed by atoms with van der Waals surface area (Å²) in [5.74, 6) is -0.281. The quantitative estimate of drug-likeness (QED) is 0.598. The lowest BCUT2D eigenvalue weighted by atomic mass is 10.1. The Labute approximate surface area is 161 Å². The van der Waals surface area contributed by atoms with Crippen molar-refractivity contribution in [1.29, 1.82) is 0 Å². The molecule has 0 unspecified atom stereocenters. The minimum atomic E-state index is -0.468. The number of halogens is 1. The van der Waals surface area contributed by atoms with Crippen molar-refractivity contribution < 1.29 is 14.5 Å². The number of carbonyl (C=O) groups excluding carboxylic acids is 2. The van der Waals surface area contributed by atoms with E-state index in [1.807, 2.05) is 0 Å². The summed E-state index contributed by atoms with van der Waals surface area (Å²) in [4.78, 5) is 39.0. The molecule has 2 amide bonds. The fraction of sp³-hybridized carbons (Fsp3) is 0.263. The van der Waals surface area contributed by atoms with Crippen LogP contribution in [0.5, 0.6) is 0 Å². The Kier molecular flexibility index (Phi) is 5.41. The largest absolute Gasteiger partial charge is 0.335 e. The summed E-state index contributed by atoms with van der Waals surface area (Å²) in [5.41, 5.74) is 1.41. The number of nitro benzene ring substituents is 1. The summed E-state index contributed by atoms with van der Waals surface area (Å²) < 4.78 is 0. The molecule has 140 valence electrons. The molecule has 0 aromatic heterocycles. The number of nitrogens with zero attached hydrogens (tertiary/aromatic N) is 3. The van der Waals surface area contributed by atoms with Crippen LogP contribution in [0.2, 0.25) is 5.02 Å². The predicted molar refractivity (Wildman–Crippen MR) is 101 cm³/mol. The van der Waals surface area contributed by atoms with Gasteiger partial charge in [-0.2, -0.15) is 0 Å². The van der Waals surface area contributed by atoms with Crippen molar-refractivity contribution in [2.45, 2.75) is 6.92 Å². The fourth-order valence-corrected chi connectivity index (χ4v) is 3.19. The number of aryl methyl sites for hydroxylation is 1. The zero-order chi connectivity index (χ0) is 19.6. The van der Waals surface area contributed by atoms with E-state index in [4.69, 9.17) is 11.6 Å². The van der Waals surface area contributed by atoms with Gasteiger partial charge >= 0.3 is 0 Å². The van der Waals surface area contributed by atoms with Crippen LogP contribution in [0.25, 0.3) is 0 Å². The lowest BCUT2D eigenvalue weighted by Crippen LogP contribution is -2.50. The van der Waals surface area contributed by atoms with Gasteiger partial charge in [-0.3, -0.25) is 19.7 Å². The Morgan fingerprint density at radius 3 is 1.89 bits per heavy atom. The summed E-state index contributed by atoms with van der Waals surface area (Å²) in [6.45, 7) is 3.29. The maximum Gasteiger partial charge on any atom is 0.272 e. The molecule has 3 rings (SSSR count). The fourth-order valence-electron chi connectivity index (χ4n) is 3.06. The van der Waals surface area contributed by atoms with Crippen molar-refractivity contribution in [3.63, 3.8) is 0 Å². The van der Waals surface area contributed by atoms with E-state index in [2.05, 4.69) is 0 Å². The summed E-state index contributed by atoms with van der Waals surface area (Å²) in [6, 6.07) is 11.1. The van der Waals surface area contributed by atoms with E-state index in [0.717, 1.165) is 0 Å². The van der Waals surface area contributed by atoms with Gasteiger partial charge in [0.15, 0.2) is 0 Å². The predicted octanol–water partition coefficient (Wildman–Crippen LogP) is 3.15. The van der Waals surface area contributed by atoms with E-state index in [1.54, 1.807) is 41.0 Å². The van der Waals surface area contributed by atoms with Gasteiger partial charge in [-0.05, 0) is 43.3 Å². The standard InChI is InChI=1S/C19H18ClN3O4/c1-13-12-15(4-7-17(13)23(26)27)19(25)22-10-8-21(9-11-22)18(24)14-2-5-16(20)6-3-14/h2-7,12H,8-11H2,1H3. The Hall–Kier alpha value is -2.93. The van der Waals surface area contributed by atoms with Crippen molar-refractivity contribution in [2.24, 2.45) is 0 Å². The van der Waals surface area contributed by atoms with E-state index < -0.39 is 4.92 Å². The number of hydrogen-bond acceptors (Lipinski definition) is 4. The molecule has 1 aliphatic heterocycles. The van der Waals surface area contributed by atoms with Gasteiger partial charge in [0.05, 0.1) is 4.92 Å². The van der Waals surface area contributed by atoms with E-state index in [9.17, 15) is 19.7 Å². The summed E-state index contributed by atoms with van der Waals surface area (Å²) in [7, 11) is 0. The number of rotatable bonds is 3. The molecule has 0 radical (unpaired) electrons. The first-order valence-electron chi connectivity index (χ1n) is 8.46. The van der Waals surface area contributed by atoms with Crippen LogP contribution in [0, 0.1) is 17.0 Å². The highest BCUT2D eigenvalue weighted by Gasteiger charge is 2.26. The van der Waals surface area contributed by atoms with E-state index in [0.29, 0.717) is 47.9 Å². The molecular formula is C19H18ClN3O4. The second-order valence-electron chi connectivity index (χ2n) is 6.35.